The zero-order valence-electron chi connectivity index (χ0n) is 15.2. The molecule has 2 aromatic carbocycles. The predicted octanol–water partition coefficient (Wildman–Crippen LogP) is 4.05. The second kappa shape index (κ2) is 6.19. The number of aryl methyl sites for hydroxylation is 1. The van der Waals surface area contributed by atoms with E-state index in [2.05, 4.69) is 40.4 Å². The molecule has 0 bridgehead atoms. The number of para-hydroxylation sites is 1. The smallest absolute Gasteiger partial charge is 0.258 e. The molecule has 1 aliphatic rings. The van der Waals surface area contributed by atoms with E-state index in [1.165, 1.54) is 5.56 Å². The lowest BCUT2D eigenvalue weighted by molar-refractivity contribution is 0.289. The second-order valence-corrected chi connectivity index (χ2v) is 7.00. The van der Waals surface area contributed by atoms with Crippen LogP contribution in [0.25, 0.3) is 33.9 Å². The molecule has 0 fully saturated rings. The van der Waals surface area contributed by atoms with Crippen LogP contribution in [0, 0.1) is 0 Å². The number of hydrogen-bond acceptors (Lipinski definition) is 6. The highest BCUT2D eigenvalue weighted by Gasteiger charge is 2.20. The highest BCUT2D eigenvalue weighted by molar-refractivity contribution is 5.80. The van der Waals surface area contributed by atoms with Gasteiger partial charge in [0.1, 0.15) is 11.3 Å². The highest BCUT2D eigenvalue weighted by Crippen LogP contribution is 2.35. The molecule has 0 radical (unpaired) electrons. The lowest BCUT2D eigenvalue weighted by atomic mass is 10.0. The summed E-state index contributed by atoms with van der Waals surface area (Å²) in [6.07, 6.45) is 2.04. The zero-order valence-corrected chi connectivity index (χ0v) is 15.2. The molecule has 27 heavy (non-hydrogen) atoms. The molecule has 7 nitrogen and oxygen atoms in total. The van der Waals surface area contributed by atoms with Crippen LogP contribution in [0.5, 0.6) is 5.75 Å². The quantitative estimate of drug-likeness (QED) is 0.548. The van der Waals surface area contributed by atoms with Crippen LogP contribution < -0.4 is 4.74 Å². The standard InChI is InChI=1S/C20H19N5O2/c1-12(2)25-17-9-8-14(11-16(17)22-24-25)20-21-19(23-27-20)15-7-3-5-13-6-4-10-26-18(13)15/h3,5,7-9,11-12H,4,6,10H2,1-2H3. The summed E-state index contributed by atoms with van der Waals surface area (Å²) >= 11 is 0. The van der Waals surface area contributed by atoms with Gasteiger partial charge >= 0.3 is 0 Å². The Labute approximate surface area is 156 Å². The number of ether oxygens (including phenoxy) is 1. The molecule has 0 aliphatic carbocycles. The van der Waals surface area contributed by atoms with Gasteiger partial charge in [-0.05, 0) is 56.5 Å². The third-order valence-corrected chi connectivity index (χ3v) is 4.81. The van der Waals surface area contributed by atoms with E-state index >= 15 is 0 Å². The van der Waals surface area contributed by atoms with Gasteiger partial charge in [-0.3, -0.25) is 0 Å². The Morgan fingerprint density at radius 1 is 1.15 bits per heavy atom. The van der Waals surface area contributed by atoms with E-state index in [1.807, 2.05) is 35.0 Å². The lowest BCUT2D eigenvalue weighted by Gasteiger charge is -2.18. The van der Waals surface area contributed by atoms with Crippen molar-refractivity contribution >= 4 is 11.0 Å². The van der Waals surface area contributed by atoms with Crippen LogP contribution in [0.15, 0.2) is 40.9 Å². The van der Waals surface area contributed by atoms with Crippen LogP contribution in [-0.4, -0.2) is 31.7 Å². The average molecular weight is 361 g/mol. The summed E-state index contributed by atoms with van der Waals surface area (Å²) in [5.74, 6) is 1.86. The van der Waals surface area contributed by atoms with Gasteiger partial charge < -0.3 is 9.26 Å². The van der Waals surface area contributed by atoms with E-state index in [1.54, 1.807) is 0 Å². The van der Waals surface area contributed by atoms with E-state index < -0.39 is 0 Å². The number of aromatic nitrogens is 5. The molecule has 136 valence electrons. The largest absolute Gasteiger partial charge is 0.493 e. The maximum absolute atomic E-state index is 5.86. The molecule has 1 aliphatic heterocycles. The first-order valence-electron chi connectivity index (χ1n) is 9.15. The summed E-state index contributed by atoms with van der Waals surface area (Å²) < 4.78 is 13.3. The van der Waals surface area contributed by atoms with Crippen molar-refractivity contribution in [1.29, 1.82) is 0 Å². The Kier molecular flexibility index (Phi) is 3.67. The molecule has 5 rings (SSSR count). The van der Waals surface area contributed by atoms with Gasteiger partial charge in [0.25, 0.3) is 5.89 Å². The fourth-order valence-electron chi connectivity index (χ4n) is 3.47. The van der Waals surface area contributed by atoms with Crippen molar-refractivity contribution in [3.8, 4) is 28.6 Å². The van der Waals surface area contributed by atoms with Crippen LogP contribution in [0.3, 0.4) is 0 Å². The number of nitrogens with zero attached hydrogens (tertiary/aromatic N) is 5. The first-order valence-corrected chi connectivity index (χ1v) is 9.15. The SMILES string of the molecule is CC(C)n1nnc2cc(-c3nc(-c4cccc5c4OCCC5)no3)ccc21. The normalized spacial score (nSPS) is 13.7. The molecule has 3 heterocycles. The van der Waals surface area contributed by atoms with Crippen LogP contribution in [0.2, 0.25) is 0 Å². The number of hydrogen-bond donors (Lipinski definition) is 0. The van der Waals surface area contributed by atoms with Gasteiger partial charge in [0.2, 0.25) is 5.82 Å². The first kappa shape index (κ1) is 16.0. The molecule has 0 saturated heterocycles. The van der Waals surface area contributed by atoms with E-state index in [0.29, 0.717) is 11.7 Å². The van der Waals surface area contributed by atoms with Gasteiger partial charge in [-0.15, -0.1) is 5.10 Å². The van der Waals surface area contributed by atoms with Crippen molar-refractivity contribution in [1.82, 2.24) is 25.1 Å². The average Bonchev–Trinajstić information content (AvgIpc) is 3.34. The van der Waals surface area contributed by atoms with Crippen molar-refractivity contribution in [2.24, 2.45) is 0 Å². The molecule has 0 atom stereocenters. The first-order chi connectivity index (χ1) is 13.2. The van der Waals surface area contributed by atoms with E-state index in [4.69, 9.17) is 9.26 Å². The Balaban J connectivity index is 1.54. The summed E-state index contributed by atoms with van der Waals surface area (Å²) in [7, 11) is 0. The van der Waals surface area contributed by atoms with Crippen LogP contribution >= 0.6 is 0 Å². The van der Waals surface area contributed by atoms with Gasteiger partial charge in [0.05, 0.1) is 17.7 Å². The van der Waals surface area contributed by atoms with Crippen LogP contribution in [0.4, 0.5) is 0 Å². The minimum Gasteiger partial charge on any atom is -0.493 e. The van der Waals surface area contributed by atoms with Crippen molar-refractivity contribution in [3.05, 3.63) is 42.0 Å². The zero-order chi connectivity index (χ0) is 18.4. The van der Waals surface area contributed by atoms with Gasteiger partial charge in [0.15, 0.2) is 0 Å². The fourth-order valence-corrected chi connectivity index (χ4v) is 3.47. The fraction of sp³-hybridized carbons (Fsp3) is 0.300. The molecule has 2 aromatic heterocycles. The lowest BCUT2D eigenvalue weighted by Crippen LogP contribution is -2.09. The minimum atomic E-state index is 0.250. The maximum Gasteiger partial charge on any atom is 0.258 e. The monoisotopic (exact) mass is 361 g/mol. The third-order valence-electron chi connectivity index (χ3n) is 4.81. The Bertz CT molecular complexity index is 1130. The number of benzene rings is 2. The topological polar surface area (TPSA) is 78.9 Å². The summed E-state index contributed by atoms with van der Waals surface area (Å²) in [6.45, 7) is 4.88. The molecule has 0 amide bonds. The molecule has 0 spiro atoms. The van der Waals surface area contributed by atoms with Crippen molar-refractivity contribution < 1.29 is 9.26 Å². The predicted molar refractivity (Wildman–Crippen MR) is 100 cm³/mol. The summed E-state index contributed by atoms with van der Waals surface area (Å²) in [6, 6.07) is 12.2. The van der Waals surface area contributed by atoms with Crippen molar-refractivity contribution in [3.63, 3.8) is 0 Å². The number of rotatable bonds is 3. The Morgan fingerprint density at radius 2 is 2.07 bits per heavy atom. The van der Waals surface area contributed by atoms with Gasteiger partial charge in [-0.25, -0.2) is 4.68 Å². The molecule has 0 saturated carbocycles. The maximum atomic E-state index is 5.86. The molecular weight excluding hydrogens is 342 g/mol. The molecule has 0 N–H and O–H groups in total. The van der Waals surface area contributed by atoms with Crippen molar-refractivity contribution in [2.45, 2.75) is 32.7 Å². The molecule has 0 unspecified atom stereocenters. The van der Waals surface area contributed by atoms with Gasteiger partial charge in [-0.1, -0.05) is 22.5 Å². The highest BCUT2D eigenvalue weighted by atomic mass is 16.5. The van der Waals surface area contributed by atoms with Crippen molar-refractivity contribution in [2.75, 3.05) is 6.61 Å². The molecular formula is C20H19N5O2. The minimum absolute atomic E-state index is 0.250. The summed E-state index contributed by atoms with van der Waals surface area (Å²) in [4.78, 5) is 4.59. The Hall–Kier alpha value is -3.22. The summed E-state index contributed by atoms with van der Waals surface area (Å²) in [5, 5.41) is 12.6. The third kappa shape index (κ3) is 2.66. The summed E-state index contributed by atoms with van der Waals surface area (Å²) in [5.41, 5.74) is 4.68. The molecule has 4 aromatic rings. The van der Waals surface area contributed by atoms with Gasteiger partial charge in [-0.2, -0.15) is 4.98 Å². The number of fused-ring (bicyclic) bond motifs is 2. The van der Waals surface area contributed by atoms with E-state index in [-0.39, 0.29) is 6.04 Å². The molecule has 7 heteroatoms. The van der Waals surface area contributed by atoms with Crippen LogP contribution in [-0.2, 0) is 6.42 Å². The van der Waals surface area contributed by atoms with E-state index in [9.17, 15) is 0 Å². The van der Waals surface area contributed by atoms with Crippen LogP contribution in [0.1, 0.15) is 31.9 Å². The van der Waals surface area contributed by atoms with E-state index in [0.717, 1.165) is 47.4 Å². The second-order valence-electron chi connectivity index (χ2n) is 7.00. The Morgan fingerprint density at radius 3 is 2.96 bits per heavy atom. The van der Waals surface area contributed by atoms with Gasteiger partial charge in [0, 0.05) is 11.6 Å².